The van der Waals surface area contributed by atoms with Gasteiger partial charge < -0.3 is 14.8 Å². The van der Waals surface area contributed by atoms with E-state index < -0.39 is 6.61 Å². The van der Waals surface area contributed by atoms with Crippen LogP contribution in [0.1, 0.15) is 5.56 Å². The van der Waals surface area contributed by atoms with E-state index in [9.17, 15) is 8.78 Å². The first-order valence-corrected chi connectivity index (χ1v) is 6.49. The molecule has 0 aliphatic heterocycles. The van der Waals surface area contributed by atoms with E-state index in [2.05, 4.69) is 15.2 Å². The Morgan fingerprint density at radius 2 is 2.19 bits per heavy atom. The van der Waals surface area contributed by atoms with Crippen molar-refractivity contribution < 1.29 is 18.3 Å². The highest BCUT2D eigenvalue weighted by Gasteiger charge is 2.11. The second-order valence-electron chi connectivity index (χ2n) is 4.31. The van der Waals surface area contributed by atoms with Gasteiger partial charge in [-0.25, -0.2) is 0 Å². The van der Waals surface area contributed by atoms with E-state index >= 15 is 0 Å². The summed E-state index contributed by atoms with van der Waals surface area (Å²) in [6.07, 6.45) is 3.60. The molecule has 1 aromatic heterocycles. The number of aromatic nitrogens is 2. The molecule has 114 valence electrons. The molecule has 2 rings (SSSR count). The fourth-order valence-corrected chi connectivity index (χ4v) is 1.88. The number of benzene rings is 1. The van der Waals surface area contributed by atoms with E-state index in [1.165, 1.54) is 7.11 Å². The molecular formula is C14H17F2N3O2. The molecule has 0 atom stereocenters. The second-order valence-corrected chi connectivity index (χ2v) is 4.31. The predicted octanol–water partition coefficient (Wildman–Crippen LogP) is 2.28. The van der Waals surface area contributed by atoms with Crippen molar-refractivity contribution in [2.75, 3.05) is 13.7 Å². The first-order valence-electron chi connectivity index (χ1n) is 6.49. The van der Waals surface area contributed by atoms with Gasteiger partial charge in [-0.05, 0) is 23.8 Å². The van der Waals surface area contributed by atoms with Crippen molar-refractivity contribution >= 4 is 0 Å². The molecule has 0 amide bonds. The molecule has 0 bridgehead atoms. The molecular weight excluding hydrogens is 280 g/mol. The number of methoxy groups -OCH3 is 1. The Morgan fingerprint density at radius 1 is 1.33 bits per heavy atom. The van der Waals surface area contributed by atoms with Crippen LogP contribution in [0.5, 0.6) is 11.5 Å². The lowest BCUT2D eigenvalue weighted by Crippen LogP contribution is -2.19. The normalized spacial score (nSPS) is 10.9. The van der Waals surface area contributed by atoms with Crippen LogP contribution in [-0.2, 0) is 13.1 Å². The van der Waals surface area contributed by atoms with Crippen molar-refractivity contribution in [2.45, 2.75) is 19.7 Å². The summed E-state index contributed by atoms with van der Waals surface area (Å²) in [6.45, 7) is -0.866. The smallest absolute Gasteiger partial charge is 0.387 e. The minimum atomic E-state index is -2.87. The number of halogens is 2. The highest BCUT2D eigenvalue weighted by Crippen LogP contribution is 2.29. The molecule has 0 fully saturated rings. The lowest BCUT2D eigenvalue weighted by molar-refractivity contribution is -0.0512. The minimum absolute atomic E-state index is 0.0406. The average Bonchev–Trinajstić information content (AvgIpc) is 2.96. The molecule has 1 N–H and O–H groups in total. The van der Waals surface area contributed by atoms with Crippen LogP contribution >= 0.6 is 0 Å². The highest BCUT2D eigenvalue weighted by molar-refractivity contribution is 5.42. The van der Waals surface area contributed by atoms with Gasteiger partial charge in [0.1, 0.15) is 0 Å². The van der Waals surface area contributed by atoms with Crippen LogP contribution in [0, 0.1) is 0 Å². The maximum atomic E-state index is 12.3. The van der Waals surface area contributed by atoms with Gasteiger partial charge in [0.15, 0.2) is 11.5 Å². The topological polar surface area (TPSA) is 48.3 Å². The van der Waals surface area contributed by atoms with Gasteiger partial charge in [-0.1, -0.05) is 6.07 Å². The van der Waals surface area contributed by atoms with Crippen LogP contribution in [0.25, 0.3) is 0 Å². The largest absolute Gasteiger partial charge is 0.493 e. The SMILES string of the molecule is COc1ccc(CNCCn2cccn2)cc1OC(F)F. The van der Waals surface area contributed by atoms with Gasteiger partial charge in [0.2, 0.25) is 0 Å². The van der Waals surface area contributed by atoms with Crippen molar-refractivity contribution in [3.8, 4) is 11.5 Å². The summed E-state index contributed by atoms with van der Waals surface area (Å²) >= 11 is 0. The third-order valence-electron chi connectivity index (χ3n) is 2.85. The minimum Gasteiger partial charge on any atom is -0.493 e. The van der Waals surface area contributed by atoms with Crippen LogP contribution in [-0.4, -0.2) is 30.0 Å². The van der Waals surface area contributed by atoms with Crippen molar-refractivity contribution in [2.24, 2.45) is 0 Å². The number of alkyl halides is 2. The number of rotatable bonds is 8. The maximum Gasteiger partial charge on any atom is 0.387 e. The van der Waals surface area contributed by atoms with E-state index in [0.717, 1.165) is 18.7 Å². The van der Waals surface area contributed by atoms with Gasteiger partial charge >= 0.3 is 6.61 Å². The van der Waals surface area contributed by atoms with Gasteiger partial charge in [0.05, 0.1) is 13.7 Å². The third-order valence-corrected chi connectivity index (χ3v) is 2.85. The van der Waals surface area contributed by atoms with Gasteiger partial charge in [0, 0.05) is 25.5 Å². The first-order chi connectivity index (χ1) is 10.2. The zero-order valence-electron chi connectivity index (χ0n) is 11.6. The third kappa shape index (κ3) is 4.71. The molecule has 7 heteroatoms. The monoisotopic (exact) mass is 297 g/mol. The van der Waals surface area contributed by atoms with Crippen molar-refractivity contribution in [1.29, 1.82) is 0 Å². The summed E-state index contributed by atoms with van der Waals surface area (Å²) in [5.41, 5.74) is 0.840. The summed E-state index contributed by atoms with van der Waals surface area (Å²) in [5.74, 6) is 0.328. The quantitative estimate of drug-likeness (QED) is 0.759. The number of hydrogen-bond acceptors (Lipinski definition) is 4. The van der Waals surface area contributed by atoms with E-state index in [-0.39, 0.29) is 11.5 Å². The van der Waals surface area contributed by atoms with Gasteiger partial charge in [-0.15, -0.1) is 0 Å². The van der Waals surface area contributed by atoms with E-state index in [4.69, 9.17) is 4.74 Å². The number of nitrogens with one attached hydrogen (secondary N) is 1. The van der Waals surface area contributed by atoms with Gasteiger partial charge in [0.25, 0.3) is 0 Å². The molecule has 0 radical (unpaired) electrons. The van der Waals surface area contributed by atoms with Gasteiger partial charge in [-0.2, -0.15) is 13.9 Å². The average molecular weight is 297 g/mol. The molecule has 0 aliphatic rings. The molecule has 0 spiro atoms. The Kier molecular flexibility index (Phi) is 5.51. The lowest BCUT2D eigenvalue weighted by atomic mass is 10.2. The molecule has 1 heterocycles. The number of hydrogen-bond donors (Lipinski definition) is 1. The Balaban J connectivity index is 1.87. The van der Waals surface area contributed by atoms with Crippen molar-refractivity contribution in [1.82, 2.24) is 15.1 Å². The molecule has 0 unspecified atom stereocenters. The number of nitrogens with zero attached hydrogens (tertiary/aromatic N) is 2. The zero-order valence-corrected chi connectivity index (χ0v) is 11.6. The second kappa shape index (κ2) is 7.58. The van der Waals surface area contributed by atoms with Gasteiger partial charge in [-0.3, -0.25) is 4.68 Å². The van der Waals surface area contributed by atoms with Crippen LogP contribution in [0.4, 0.5) is 8.78 Å². The molecule has 1 aromatic carbocycles. The van der Waals surface area contributed by atoms with Crippen LogP contribution in [0.3, 0.4) is 0 Å². The summed E-state index contributed by atoms with van der Waals surface area (Å²) < 4.78 is 35.9. The van der Waals surface area contributed by atoms with Crippen molar-refractivity contribution in [3.63, 3.8) is 0 Å². The molecule has 2 aromatic rings. The van der Waals surface area contributed by atoms with E-state index in [1.807, 2.05) is 16.9 Å². The van der Waals surface area contributed by atoms with E-state index in [1.54, 1.807) is 24.4 Å². The zero-order chi connectivity index (χ0) is 15.1. The Morgan fingerprint density at radius 3 is 2.86 bits per heavy atom. The van der Waals surface area contributed by atoms with E-state index in [0.29, 0.717) is 6.54 Å². The number of ether oxygens (including phenoxy) is 2. The highest BCUT2D eigenvalue weighted by atomic mass is 19.3. The first kappa shape index (κ1) is 15.2. The van der Waals surface area contributed by atoms with Crippen LogP contribution in [0.2, 0.25) is 0 Å². The Bertz CT molecular complexity index is 547. The Labute approximate surface area is 121 Å². The summed E-state index contributed by atoms with van der Waals surface area (Å²) in [4.78, 5) is 0. The van der Waals surface area contributed by atoms with Crippen LogP contribution in [0.15, 0.2) is 36.7 Å². The molecule has 5 nitrogen and oxygen atoms in total. The lowest BCUT2D eigenvalue weighted by Gasteiger charge is -2.12. The Hall–Kier alpha value is -2.15. The molecule has 0 saturated carbocycles. The molecule has 0 saturated heterocycles. The standard InChI is InChI=1S/C14H17F2N3O2/c1-20-12-4-3-11(9-13(12)21-14(15)16)10-17-6-8-19-7-2-5-18-19/h2-5,7,9,14,17H,6,8,10H2,1H3. The van der Waals surface area contributed by atoms with Crippen LogP contribution < -0.4 is 14.8 Å². The summed E-state index contributed by atoms with van der Waals surface area (Å²) in [5, 5.41) is 7.30. The molecule has 0 aliphatic carbocycles. The fraction of sp³-hybridized carbons (Fsp3) is 0.357. The maximum absolute atomic E-state index is 12.3. The summed E-state index contributed by atoms with van der Waals surface area (Å²) in [6, 6.07) is 6.82. The predicted molar refractivity (Wildman–Crippen MR) is 73.6 cm³/mol. The van der Waals surface area contributed by atoms with Crippen molar-refractivity contribution in [3.05, 3.63) is 42.2 Å². The molecule has 21 heavy (non-hydrogen) atoms. The summed E-state index contributed by atoms with van der Waals surface area (Å²) in [7, 11) is 1.41. The fourth-order valence-electron chi connectivity index (χ4n) is 1.88.